The van der Waals surface area contributed by atoms with E-state index in [9.17, 15) is 4.79 Å². The molecule has 0 aromatic heterocycles. The summed E-state index contributed by atoms with van der Waals surface area (Å²) in [6.07, 6.45) is 12.1. The highest BCUT2D eigenvalue weighted by molar-refractivity contribution is 5.77. The van der Waals surface area contributed by atoms with Gasteiger partial charge in [-0.2, -0.15) is 0 Å². The van der Waals surface area contributed by atoms with Crippen molar-refractivity contribution in [3.8, 4) is 5.75 Å². The summed E-state index contributed by atoms with van der Waals surface area (Å²) in [4.78, 5) is 11.8. The number of rotatable bonds is 12. The fraction of sp³-hybridized carbons (Fsp3) is 0.632. The molecule has 124 valence electrons. The maximum absolute atomic E-state index is 11.8. The molecule has 2 N–H and O–H groups in total. The van der Waals surface area contributed by atoms with Gasteiger partial charge in [0.05, 0.1) is 0 Å². The first kappa shape index (κ1) is 18.7. The third-order valence-electron chi connectivity index (χ3n) is 3.88. The fourth-order valence-corrected chi connectivity index (χ4v) is 2.47. The van der Waals surface area contributed by atoms with Crippen LogP contribution in [0.15, 0.2) is 30.3 Å². The maximum atomic E-state index is 11.8. The van der Waals surface area contributed by atoms with E-state index in [1.54, 1.807) is 12.1 Å². The first-order valence-corrected chi connectivity index (χ1v) is 8.76. The highest BCUT2D eigenvalue weighted by Gasteiger charge is 2.15. The van der Waals surface area contributed by atoms with E-state index >= 15 is 0 Å². The summed E-state index contributed by atoms with van der Waals surface area (Å²) in [6, 6.07) is 8.60. The highest BCUT2D eigenvalue weighted by Crippen LogP contribution is 2.13. The van der Waals surface area contributed by atoms with Crippen molar-refractivity contribution in [3.63, 3.8) is 0 Å². The van der Waals surface area contributed by atoms with Crippen LogP contribution in [0.3, 0.4) is 0 Å². The van der Waals surface area contributed by atoms with Gasteiger partial charge in [0, 0.05) is 0 Å². The van der Waals surface area contributed by atoms with Gasteiger partial charge in [-0.1, -0.05) is 82.9 Å². The van der Waals surface area contributed by atoms with Crippen LogP contribution >= 0.6 is 0 Å². The summed E-state index contributed by atoms with van der Waals surface area (Å²) in [5, 5.41) is 0. The Bertz CT molecular complexity index is 392. The highest BCUT2D eigenvalue weighted by atomic mass is 16.5. The van der Waals surface area contributed by atoms with Gasteiger partial charge < -0.3 is 10.5 Å². The third-order valence-corrected chi connectivity index (χ3v) is 3.88. The molecule has 1 unspecified atom stereocenters. The Morgan fingerprint density at radius 3 is 2.09 bits per heavy atom. The molecule has 0 spiro atoms. The van der Waals surface area contributed by atoms with Crippen LogP contribution in [0, 0.1) is 0 Å². The predicted molar refractivity (Wildman–Crippen MR) is 91.9 cm³/mol. The van der Waals surface area contributed by atoms with Gasteiger partial charge in [-0.25, -0.2) is 4.79 Å². The van der Waals surface area contributed by atoms with Crippen LogP contribution < -0.4 is 10.5 Å². The number of benzene rings is 1. The Balaban J connectivity index is 2.01. The van der Waals surface area contributed by atoms with Crippen molar-refractivity contribution >= 4 is 5.97 Å². The van der Waals surface area contributed by atoms with Crippen molar-refractivity contribution < 1.29 is 9.53 Å². The van der Waals surface area contributed by atoms with E-state index in [4.69, 9.17) is 10.5 Å². The van der Waals surface area contributed by atoms with Crippen molar-refractivity contribution in [1.82, 2.24) is 0 Å². The summed E-state index contributed by atoms with van der Waals surface area (Å²) < 4.78 is 5.25. The largest absolute Gasteiger partial charge is 0.425 e. The number of hydrogen-bond donors (Lipinski definition) is 1. The molecule has 1 aromatic carbocycles. The SMILES string of the molecule is CCCCCCCCCCCC(N)C(=O)Oc1ccccc1. The number of para-hydroxylation sites is 1. The van der Waals surface area contributed by atoms with Crippen LogP contribution in [0.5, 0.6) is 5.75 Å². The van der Waals surface area contributed by atoms with Gasteiger partial charge in [0.1, 0.15) is 11.8 Å². The number of esters is 1. The normalized spacial score (nSPS) is 12.1. The molecule has 3 heteroatoms. The first-order valence-electron chi connectivity index (χ1n) is 8.76. The second-order valence-electron chi connectivity index (χ2n) is 5.96. The quantitative estimate of drug-likeness (QED) is 0.341. The number of carbonyl (C=O) groups excluding carboxylic acids is 1. The van der Waals surface area contributed by atoms with Crippen LogP contribution in [0.1, 0.15) is 71.1 Å². The molecule has 3 nitrogen and oxygen atoms in total. The minimum Gasteiger partial charge on any atom is -0.425 e. The van der Waals surface area contributed by atoms with Crippen LogP contribution in [-0.2, 0) is 4.79 Å². The predicted octanol–water partition coefficient (Wildman–Crippen LogP) is 4.84. The molecule has 0 aliphatic carbocycles. The van der Waals surface area contributed by atoms with Gasteiger partial charge in [-0.15, -0.1) is 0 Å². The molecule has 0 amide bonds. The topological polar surface area (TPSA) is 52.3 Å². The molecular weight excluding hydrogens is 274 g/mol. The zero-order valence-electron chi connectivity index (χ0n) is 13.9. The van der Waals surface area contributed by atoms with Crippen LogP contribution in [0.25, 0.3) is 0 Å². The average Bonchev–Trinajstić information content (AvgIpc) is 2.54. The van der Waals surface area contributed by atoms with E-state index < -0.39 is 6.04 Å². The summed E-state index contributed by atoms with van der Waals surface area (Å²) in [5.74, 6) is 0.237. The van der Waals surface area contributed by atoms with Gasteiger partial charge >= 0.3 is 5.97 Å². The van der Waals surface area contributed by atoms with Crippen molar-refractivity contribution in [2.24, 2.45) is 5.73 Å². The molecule has 1 aromatic rings. The van der Waals surface area contributed by atoms with Gasteiger partial charge in [0.25, 0.3) is 0 Å². The van der Waals surface area contributed by atoms with Crippen molar-refractivity contribution in [3.05, 3.63) is 30.3 Å². The smallest absolute Gasteiger partial charge is 0.328 e. The van der Waals surface area contributed by atoms with Crippen LogP contribution in [-0.4, -0.2) is 12.0 Å². The summed E-state index contributed by atoms with van der Waals surface area (Å²) in [5.41, 5.74) is 5.89. The molecule has 0 fully saturated rings. The number of unbranched alkanes of at least 4 members (excludes halogenated alkanes) is 8. The lowest BCUT2D eigenvalue weighted by Gasteiger charge is -2.11. The molecule has 0 heterocycles. The summed E-state index contributed by atoms with van der Waals surface area (Å²) >= 11 is 0. The molecule has 0 aliphatic heterocycles. The van der Waals surface area contributed by atoms with Gasteiger partial charge in [0.15, 0.2) is 0 Å². The second kappa shape index (κ2) is 12.2. The number of nitrogens with two attached hydrogens (primary N) is 1. The van der Waals surface area contributed by atoms with E-state index in [-0.39, 0.29) is 5.97 Å². The van der Waals surface area contributed by atoms with Gasteiger partial charge in [-0.05, 0) is 18.6 Å². The third kappa shape index (κ3) is 8.83. The lowest BCUT2D eigenvalue weighted by atomic mass is 10.0. The molecule has 22 heavy (non-hydrogen) atoms. The van der Waals surface area contributed by atoms with Crippen molar-refractivity contribution in [2.45, 2.75) is 77.2 Å². The van der Waals surface area contributed by atoms with Gasteiger partial charge in [0.2, 0.25) is 0 Å². The Labute approximate surface area is 135 Å². The second-order valence-corrected chi connectivity index (χ2v) is 5.96. The first-order chi connectivity index (χ1) is 10.7. The number of carbonyl (C=O) groups is 1. The van der Waals surface area contributed by atoms with Gasteiger partial charge in [-0.3, -0.25) is 0 Å². The van der Waals surface area contributed by atoms with E-state index in [2.05, 4.69) is 6.92 Å². The Morgan fingerprint density at radius 2 is 1.50 bits per heavy atom. The molecule has 0 radical (unpaired) electrons. The number of hydrogen-bond acceptors (Lipinski definition) is 3. The molecule has 0 bridgehead atoms. The van der Waals surface area contributed by atoms with Crippen molar-refractivity contribution in [1.29, 1.82) is 0 Å². The molecular formula is C19H31NO2. The monoisotopic (exact) mass is 305 g/mol. The molecule has 1 atom stereocenters. The van der Waals surface area contributed by atoms with E-state index in [0.717, 1.165) is 12.8 Å². The zero-order chi connectivity index (χ0) is 16.0. The van der Waals surface area contributed by atoms with E-state index in [1.807, 2.05) is 18.2 Å². The maximum Gasteiger partial charge on any atom is 0.328 e. The minimum atomic E-state index is -0.509. The van der Waals surface area contributed by atoms with E-state index in [1.165, 1.54) is 44.9 Å². The minimum absolute atomic E-state index is 0.328. The Hall–Kier alpha value is -1.35. The summed E-state index contributed by atoms with van der Waals surface area (Å²) in [6.45, 7) is 2.24. The Kier molecular flexibility index (Phi) is 10.4. The molecule has 0 saturated carbocycles. The number of ether oxygens (including phenoxy) is 1. The van der Waals surface area contributed by atoms with Crippen LogP contribution in [0.2, 0.25) is 0 Å². The molecule has 0 aliphatic rings. The average molecular weight is 305 g/mol. The Morgan fingerprint density at radius 1 is 0.955 bits per heavy atom. The van der Waals surface area contributed by atoms with Crippen molar-refractivity contribution in [2.75, 3.05) is 0 Å². The molecule has 0 saturated heterocycles. The molecule has 1 rings (SSSR count). The lowest BCUT2D eigenvalue weighted by Crippen LogP contribution is -2.34. The van der Waals surface area contributed by atoms with E-state index in [0.29, 0.717) is 12.2 Å². The lowest BCUT2D eigenvalue weighted by molar-refractivity contribution is -0.136. The summed E-state index contributed by atoms with van der Waals surface area (Å²) in [7, 11) is 0. The fourth-order valence-electron chi connectivity index (χ4n) is 2.47. The standard InChI is InChI=1S/C19H31NO2/c1-2-3-4-5-6-7-8-9-13-16-18(20)19(21)22-17-14-11-10-12-15-17/h10-12,14-15,18H,2-9,13,16,20H2,1H3. The van der Waals surface area contributed by atoms with Crippen LogP contribution in [0.4, 0.5) is 0 Å². The zero-order valence-corrected chi connectivity index (χ0v) is 13.9.